The van der Waals surface area contributed by atoms with Crippen molar-refractivity contribution in [1.29, 1.82) is 0 Å². The summed E-state index contributed by atoms with van der Waals surface area (Å²) >= 11 is 0. The van der Waals surface area contributed by atoms with Gasteiger partial charge in [-0.1, -0.05) is 18.2 Å². The van der Waals surface area contributed by atoms with Crippen molar-refractivity contribution >= 4 is 11.9 Å². The highest BCUT2D eigenvalue weighted by Gasteiger charge is 2.44. The molecule has 8 nitrogen and oxygen atoms in total. The van der Waals surface area contributed by atoms with Crippen molar-refractivity contribution in [2.75, 3.05) is 13.1 Å². The van der Waals surface area contributed by atoms with Gasteiger partial charge in [-0.3, -0.25) is 9.48 Å². The number of rotatable bonds is 6. The first kappa shape index (κ1) is 16.9. The third-order valence-electron chi connectivity index (χ3n) is 4.39. The summed E-state index contributed by atoms with van der Waals surface area (Å²) in [4.78, 5) is 29.6. The summed E-state index contributed by atoms with van der Waals surface area (Å²) in [7, 11) is 0. The van der Waals surface area contributed by atoms with Gasteiger partial charge in [0.25, 0.3) is 0 Å². The fourth-order valence-corrected chi connectivity index (χ4v) is 2.91. The highest BCUT2D eigenvalue weighted by Crippen LogP contribution is 2.29. The minimum Gasteiger partial charge on any atom is -0.478 e. The van der Waals surface area contributed by atoms with Gasteiger partial charge in [0.1, 0.15) is 18.4 Å². The Bertz CT molecular complexity index is 710. The van der Waals surface area contributed by atoms with Gasteiger partial charge in [0.2, 0.25) is 11.5 Å². The molecule has 1 saturated heterocycles. The largest absolute Gasteiger partial charge is 0.478 e. The zero-order valence-electron chi connectivity index (χ0n) is 13.7. The van der Waals surface area contributed by atoms with Gasteiger partial charge in [0, 0.05) is 32.4 Å². The Kier molecular flexibility index (Phi) is 4.97. The van der Waals surface area contributed by atoms with E-state index in [0.29, 0.717) is 31.8 Å². The summed E-state index contributed by atoms with van der Waals surface area (Å²) in [5.41, 5.74) is -1.29. The molecular formula is C17H20N4O4. The fourth-order valence-electron chi connectivity index (χ4n) is 2.91. The monoisotopic (exact) mass is 344 g/mol. The number of aryl methyl sites for hydroxylation is 1. The predicted octanol–water partition coefficient (Wildman–Crippen LogP) is 1.19. The lowest BCUT2D eigenvalue weighted by Crippen LogP contribution is -2.54. The molecule has 1 fully saturated rings. The van der Waals surface area contributed by atoms with Crippen molar-refractivity contribution in [3.63, 3.8) is 0 Å². The van der Waals surface area contributed by atoms with E-state index in [9.17, 15) is 14.7 Å². The lowest BCUT2D eigenvalue weighted by molar-refractivity contribution is -0.161. The average molecular weight is 344 g/mol. The Morgan fingerprint density at radius 2 is 1.92 bits per heavy atom. The summed E-state index contributed by atoms with van der Waals surface area (Å²) in [5, 5.41) is 13.6. The Morgan fingerprint density at radius 3 is 2.52 bits per heavy atom. The number of benzene rings is 1. The molecule has 1 aromatic heterocycles. The van der Waals surface area contributed by atoms with E-state index >= 15 is 0 Å². The van der Waals surface area contributed by atoms with E-state index in [0.717, 1.165) is 0 Å². The van der Waals surface area contributed by atoms with E-state index in [1.54, 1.807) is 40.2 Å². The van der Waals surface area contributed by atoms with Crippen LogP contribution in [-0.2, 0) is 16.1 Å². The number of aliphatic carboxylic acids is 1. The van der Waals surface area contributed by atoms with E-state index in [2.05, 4.69) is 10.1 Å². The lowest BCUT2D eigenvalue weighted by Gasteiger charge is -2.38. The molecule has 3 rings (SSSR count). The van der Waals surface area contributed by atoms with Crippen LogP contribution in [0.3, 0.4) is 0 Å². The zero-order chi connectivity index (χ0) is 17.7. The topological polar surface area (TPSA) is 97.5 Å². The number of aromatic nitrogens is 3. The summed E-state index contributed by atoms with van der Waals surface area (Å²) in [6, 6.07) is 8.92. The second-order valence-corrected chi connectivity index (χ2v) is 6.00. The second-order valence-electron chi connectivity index (χ2n) is 6.00. The van der Waals surface area contributed by atoms with Crippen molar-refractivity contribution in [3.8, 4) is 5.75 Å². The second kappa shape index (κ2) is 7.33. The molecule has 132 valence electrons. The maximum Gasteiger partial charge on any atom is 0.348 e. The summed E-state index contributed by atoms with van der Waals surface area (Å²) < 4.78 is 7.39. The molecule has 0 saturated carbocycles. The number of piperidine rings is 1. The molecule has 2 heterocycles. The Balaban J connectivity index is 1.58. The van der Waals surface area contributed by atoms with E-state index in [1.165, 1.54) is 6.33 Å². The Labute approximate surface area is 145 Å². The first-order valence-corrected chi connectivity index (χ1v) is 8.17. The Hall–Kier alpha value is -2.90. The molecule has 1 aromatic carbocycles. The summed E-state index contributed by atoms with van der Waals surface area (Å²) in [6.45, 7) is 1.17. The highest BCUT2D eigenvalue weighted by atomic mass is 16.5. The third kappa shape index (κ3) is 3.96. The van der Waals surface area contributed by atoms with Crippen molar-refractivity contribution < 1.29 is 19.4 Å². The molecule has 0 spiro atoms. The van der Waals surface area contributed by atoms with Crippen LogP contribution in [0.25, 0.3) is 0 Å². The van der Waals surface area contributed by atoms with Crippen LogP contribution in [0.2, 0.25) is 0 Å². The molecule has 1 amide bonds. The number of hydrogen-bond donors (Lipinski definition) is 1. The first-order chi connectivity index (χ1) is 12.1. The van der Waals surface area contributed by atoms with E-state index in [-0.39, 0.29) is 18.7 Å². The van der Waals surface area contributed by atoms with Gasteiger partial charge in [-0.2, -0.15) is 5.10 Å². The number of carbonyl (C=O) groups is 2. The minimum absolute atomic E-state index is 0.0193. The molecule has 0 atom stereocenters. The van der Waals surface area contributed by atoms with Crippen LogP contribution in [-0.4, -0.2) is 55.3 Å². The van der Waals surface area contributed by atoms with Crippen molar-refractivity contribution in [2.24, 2.45) is 0 Å². The molecule has 0 unspecified atom stereocenters. The smallest absolute Gasteiger partial charge is 0.348 e. The van der Waals surface area contributed by atoms with Gasteiger partial charge in [0.05, 0.1) is 6.54 Å². The van der Waals surface area contributed by atoms with Crippen LogP contribution < -0.4 is 4.74 Å². The van der Waals surface area contributed by atoms with Crippen LogP contribution in [0.15, 0.2) is 43.0 Å². The van der Waals surface area contributed by atoms with Crippen molar-refractivity contribution in [3.05, 3.63) is 43.0 Å². The number of carboxylic acid groups (broad SMARTS) is 1. The van der Waals surface area contributed by atoms with E-state index < -0.39 is 11.6 Å². The molecule has 1 aliphatic heterocycles. The number of ether oxygens (including phenoxy) is 1. The van der Waals surface area contributed by atoms with Gasteiger partial charge < -0.3 is 14.7 Å². The molecule has 2 aromatic rings. The number of carboxylic acids is 1. The molecule has 0 radical (unpaired) electrons. The number of carbonyl (C=O) groups excluding carboxylic acids is 1. The van der Waals surface area contributed by atoms with Gasteiger partial charge in [0.15, 0.2) is 0 Å². The molecular weight excluding hydrogens is 324 g/mol. The normalized spacial score (nSPS) is 16.4. The highest BCUT2D eigenvalue weighted by molar-refractivity contribution is 5.80. The first-order valence-electron chi connectivity index (χ1n) is 8.17. The van der Waals surface area contributed by atoms with Gasteiger partial charge in [-0.25, -0.2) is 9.78 Å². The zero-order valence-corrected chi connectivity index (χ0v) is 13.7. The summed E-state index contributed by atoms with van der Waals surface area (Å²) in [5.74, 6) is -0.490. The number of hydrogen-bond acceptors (Lipinski definition) is 5. The van der Waals surface area contributed by atoms with Gasteiger partial charge in [-0.05, 0) is 12.1 Å². The summed E-state index contributed by atoms with van der Waals surface area (Å²) in [6.07, 6.45) is 3.81. The third-order valence-corrected chi connectivity index (χ3v) is 4.39. The van der Waals surface area contributed by atoms with Crippen LogP contribution in [0.1, 0.15) is 19.3 Å². The number of para-hydroxylation sites is 1. The number of likely N-dealkylation sites (tertiary alicyclic amines) is 1. The number of nitrogens with zero attached hydrogens (tertiary/aromatic N) is 4. The van der Waals surface area contributed by atoms with Crippen LogP contribution in [0.4, 0.5) is 0 Å². The maximum atomic E-state index is 12.3. The van der Waals surface area contributed by atoms with E-state index in [4.69, 9.17) is 4.74 Å². The SMILES string of the molecule is O=C(CCn1cncn1)N1CCC(Oc2ccccc2)(C(=O)O)CC1. The molecule has 25 heavy (non-hydrogen) atoms. The predicted molar refractivity (Wildman–Crippen MR) is 87.9 cm³/mol. The maximum absolute atomic E-state index is 12.3. The standard InChI is InChI=1S/C17H20N4O4/c22-15(6-9-21-13-18-12-19-21)20-10-7-17(8-11-20,16(23)24)25-14-4-2-1-3-5-14/h1-5,12-13H,6-11H2,(H,23,24). The van der Waals surface area contributed by atoms with Crippen molar-refractivity contribution in [1.82, 2.24) is 19.7 Å². The van der Waals surface area contributed by atoms with E-state index in [1.807, 2.05) is 6.07 Å². The van der Waals surface area contributed by atoms with Crippen LogP contribution in [0.5, 0.6) is 5.75 Å². The molecule has 0 aliphatic carbocycles. The quantitative estimate of drug-likeness (QED) is 0.845. The molecule has 1 aliphatic rings. The average Bonchev–Trinajstić information content (AvgIpc) is 3.14. The van der Waals surface area contributed by atoms with Crippen molar-refractivity contribution in [2.45, 2.75) is 31.4 Å². The number of amides is 1. The van der Waals surface area contributed by atoms with Crippen LogP contribution in [0, 0.1) is 0 Å². The fraction of sp³-hybridized carbons (Fsp3) is 0.412. The van der Waals surface area contributed by atoms with Gasteiger partial charge >= 0.3 is 5.97 Å². The minimum atomic E-state index is -1.29. The molecule has 1 N–H and O–H groups in total. The molecule has 8 heteroatoms. The van der Waals surface area contributed by atoms with Crippen LogP contribution >= 0.6 is 0 Å². The molecule has 0 bridgehead atoms. The van der Waals surface area contributed by atoms with Gasteiger partial charge in [-0.15, -0.1) is 0 Å². The Morgan fingerprint density at radius 1 is 1.20 bits per heavy atom. The lowest BCUT2D eigenvalue weighted by atomic mass is 9.91.